The highest BCUT2D eigenvalue weighted by molar-refractivity contribution is 6.09. The van der Waals surface area contributed by atoms with Crippen molar-refractivity contribution in [2.75, 3.05) is 7.11 Å². The van der Waals surface area contributed by atoms with Gasteiger partial charge in [-0.1, -0.05) is 30.3 Å². The van der Waals surface area contributed by atoms with Crippen LogP contribution < -0.4 is 11.5 Å². The van der Waals surface area contributed by atoms with Gasteiger partial charge in [-0.05, 0) is 26.3 Å². The number of benzene rings is 1. The van der Waals surface area contributed by atoms with Gasteiger partial charge in [-0.15, -0.1) is 0 Å². The van der Waals surface area contributed by atoms with Crippen LogP contribution in [0.15, 0.2) is 30.3 Å². The number of nitrogens with two attached hydrogens (primary N) is 2. The lowest BCUT2D eigenvalue weighted by Crippen LogP contribution is -2.70. The van der Waals surface area contributed by atoms with E-state index in [2.05, 4.69) is 4.74 Å². The molecule has 0 aliphatic carbocycles. The average Bonchev–Trinajstić information content (AvgIpc) is 2.56. The molecule has 0 amide bonds. The van der Waals surface area contributed by atoms with E-state index < -0.39 is 35.1 Å². The van der Waals surface area contributed by atoms with Gasteiger partial charge >= 0.3 is 17.9 Å². The van der Waals surface area contributed by atoms with Crippen molar-refractivity contribution >= 4 is 17.9 Å². The Labute approximate surface area is 146 Å². The van der Waals surface area contributed by atoms with Gasteiger partial charge in [0.25, 0.3) is 0 Å². The zero-order chi connectivity index (χ0) is 19.3. The predicted molar refractivity (Wildman–Crippen MR) is 89.0 cm³/mol. The van der Waals surface area contributed by atoms with E-state index in [1.54, 1.807) is 45.0 Å². The molecule has 0 radical (unpaired) electrons. The number of esters is 3. The third-order valence-electron chi connectivity index (χ3n) is 3.23. The smallest absolute Gasteiger partial charge is 0.340 e. The molecule has 4 N–H and O–H groups in total. The monoisotopic (exact) mass is 352 g/mol. The molecule has 25 heavy (non-hydrogen) atoms. The maximum atomic E-state index is 12.4. The van der Waals surface area contributed by atoms with Gasteiger partial charge in [-0.25, -0.2) is 9.59 Å². The van der Waals surface area contributed by atoms with Crippen LogP contribution in [0.4, 0.5) is 0 Å². The van der Waals surface area contributed by atoms with E-state index >= 15 is 0 Å². The molecule has 0 spiro atoms. The third-order valence-corrected chi connectivity index (χ3v) is 3.23. The lowest BCUT2D eigenvalue weighted by atomic mass is 9.91. The van der Waals surface area contributed by atoms with Gasteiger partial charge in [0.1, 0.15) is 18.2 Å². The molecule has 0 bridgehead atoms. The molecule has 0 fully saturated rings. The zero-order valence-corrected chi connectivity index (χ0v) is 14.8. The standard InChI is InChI=1S/C17H24N2O6/c1-16(2,3)25-15(22)17(19,14(21)23-4)12(18)13(20)24-10-11-8-6-5-7-9-11/h5-9,12H,10,18-19H2,1-4H3/t12?,17-/m1/s1. The van der Waals surface area contributed by atoms with E-state index in [0.717, 1.165) is 7.11 Å². The van der Waals surface area contributed by atoms with E-state index in [0.29, 0.717) is 5.56 Å². The first-order chi connectivity index (χ1) is 11.5. The van der Waals surface area contributed by atoms with E-state index in [1.165, 1.54) is 0 Å². The van der Waals surface area contributed by atoms with Crippen molar-refractivity contribution in [2.24, 2.45) is 11.5 Å². The van der Waals surface area contributed by atoms with Crippen molar-refractivity contribution in [1.82, 2.24) is 0 Å². The topological polar surface area (TPSA) is 131 Å². The number of hydrogen-bond acceptors (Lipinski definition) is 8. The van der Waals surface area contributed by atoms with Crippen molar-refractivity contribution < 1.29 is 28.6 Å². The summed E-state index contributed by atoms with van der Waals surface area (Å²) < 4.78 is 14.7. The number of ether oxygens (including phenoxy) is 3. The summed E-state index contributed by atoms with van der Waals surface area (Å²) in [6.45, 7) is 4.67. The largest absolute Gasteiger partial charge is 0.467 e. The quantitative estimate of drug-likeness (QED) is 0.424. The molecule has 8 nitrogen and oxygen atoms in total. The minimum Gasteiger partial charge on any atom is -0.467 e. The molecular weight excluding hydrogens is 328 g/mol. The summed E-state index contributed by atoms with van der Waals surface area (Å²) in [4.78, 5) is 36.6. The van der Waals surface area contributed by atoms with Crippen LogP contribution in [-0.4, -0.2) is 42.2 Å². The highest BCUT2D eigenvalue weighted by Gasteiger charge is 2.55. The minimum atomic E-state index is -2.52. The van der Waals surface area contributed by atoms with E-state index in [1.807, 2.05) is 6.07 Å². The number of rotatable bonds is 6. The van der Waals surface area contributed by atoms with Crippen LogP contribution in [0.2, 0.25) is 0 Å². The second-order valence-electron chi connectivity index (χ2n) is 6.43. The van der Waals surface area contributed by atoms with Crippen molar-refractivity contribution in [3.63, 3.8) is 0 Å². The van der Waals surface area contributed by atoms with Crippen LogP contribution in [0.25, 0.3) is 0 Å². The van der Waals surface area contributed by atoms with E-state index in [-0.39, 0.29) is 6.61 Å². The van der Waals surface area contributed by atoms with Gasteiger partial charge < -0.3 is 25.7 Å². The molecule has 1 aromatic carbocycles. The van der Waals surface area contributed by atoms with Crippen LogP contribution >= 0.6 is 0 Å². The Kier molecular flexibility index (Phi) is 6.66. The molecule has 0 aromatic heterocycles. The maximum absolute atomic E-state index is 12.4. The van der Waals surface area contributed by atoms with Crippen molar-refractivity contribution in [3.05, 3.63) is 35.9 Å². The molecule has 0 saturated carbocycles. The zero-order valence-electron chi connectivity index (χ0n) is 14.8. The number of carbonyl (C=O) groups excluding carboxylic acids is 3. The lowest BCUT2D eigenvalue weighted by Gasteiger charge is -2.31. The molecule has 2 atom stereocenters. The van der Waals surface area contributed by atoms with Crippen LogP contribution in [0.1, 0.15) is 26.3 Å². The first-order valence-electron chi connectivity index (χ1n) is 7.59. The minimum absolute atomic E-state index is 0.0844. The van der Waals surface area contributed by atoms with E-state index in [4.69, 9.17) is 20.9 Å². The van der Waals surface area contributed by atoms with Gasteiger partial charge in [-0.2, -0.15) is 0 Å². The Morgan fingerprint density at radius 1 is 1.08 bits per heavy atom. The van der Waals surface area contributed by atoms with Gasteiger partial charge in [0.15, 0.2) is 0 Å². The van der Waals surface area contributed by atoms with Gasteiger partial charge in [0.2, 0.25) is 5.54 Å². The first-order valence-corrected chi connectivity index (χ1v) is 7.59. The third kappa shape index (κ3) is 5.27. The maximum Gasteiger partial charge on any atom is 0.340 e. The number of hydrogen-bond donors (Lipinski definition) is 2. The fourth-order valence-electron chi connectivity index (χ4n) is 1.87. The summed E-state index contributed by atoms with van der Waals surface area (Å²) in [6.07, 6.45) is 0. The normalized spacial score (nSPS) is 14.8. The molecule has 0 aliphatic heterocycles. The molecule has 0 heterocycles. The van der Waals surface area contributed by atoms with E-state index in [9.17, 15) is 14.4 Å². The Bertz CT molecular complexity index is 626. The van der Waals surface area contributed by atoms with Gasteiger partial charge in [-0.3, -0.25) is 4.79 Å². The summed E-state index contributed by atoms with van der Waals surface area (Å²) >= 11 is 0. The molecule has 8 heteroatoms. The SMILES string of the molecule is COC(=O)[C@@](N)(C(=O)OC(C)(C)C)C(N)C(=O)OCc1ccccc1. The summed E-state index contributed by atoms with van der Waals surface area (Å²) in [5, 5.41) is 0. The van der Waals surface area contributed by atoms with Gasteiger partial charge in [0.05, 0.1) is 7.11 Å². The fraction of sp³-hybridized carbons (Fsp3) is 0.471. The molecule has 138 valence electrons. The van der Waals surface area contributed by atoms with Crippen LogP contribution in [0, 0.1) is 0 Å². The summed E-state index contributed by atoms with van der Waals surface area (Å²) in [5.74, 6) is -3.38. The molecule has 0 aliphatic rings. The average molecular weight is 352 g/mol. The Morgan fingerprint density at radius 2 is 1.64 bits per heavy atom. The number of methoxy groups -OCH3 is 1. The van der Waals surface area contributed by atoms with Crippen LogP contribution in [-0.2, 0) is 35.2 Å². The second kappa shape index (κ2) is 8.09. The molecule has 0 saturated heterocycles. The lowest BCUT2D eigenvalue weighted by molar-refractivity contribution is -0.176. The Morgan fingerprint density at radius 3 is 2.12 bits per heavy atom. The van der Waals surface area contributed by atoms with Crippen LogP contribution in [0.5, 0.6) is 0 Å². The highest BCUT2D eigenvalue weighted by Crippen LogP contribution is 2.18. The summed E-state index contributed by atoms with van der Waals surface area (Å²) in [7, 11) is 1.02. The van der Waals surface area contributed by atoms with Crippen molar-refractivity contribution in [1.29, 1.82) is 0 Å². The Hall–Kier alpha value is -2.45. The molecule has 1 unspecified atom stereocenters. The fourth-order valence-corrected chi connectivity index (χ4v) is 1.87. The Balaban J connectivity index is 2.95. The summed E-state index contributed by atoms with van der Waals surface area (Å²) in [5.41, 5.74) is 8.85. The molecule has 1 aromatic rings. The highest BCUT2D eigenvalue weighted by atomic mass is 16.6. The van der Waals surface area contributed by atoms with Crippen LogP contribution in [0.3, 0.4) is 0 Å². The van der Waals surface area contributed by atoms with Crippen molar-refractivity contribution in [2.45, 2.75) is 44.6 Å². The number of carbonyl (C=O) groups is 3. The first kappa shape index (κ1) is 20.6. The van der Waals surface area contributed by atoms with Crippen molar-refractivity contribution in [3.8, 4) is 0 Å². The summed E-state index contributed by atoms with van der Waals surface area (Å²) in [6, 6.07) is 7.03. The van der Waals surface area contributed by atoms with Gasteiger partial charge in [0, 0.05) is 0 Å². The predicted octanol–water partition coefficient (Wildman–Crippen LogP) is 0.269. The molecule has 1 rings (SSSR count). The second-order valence-corrected chi connectivity index (χ2v) is 6.43. The molecular formula is C17H24N2O6.